The van der Waals surface area contributed by atoms with Crippen LogP contribution in [-0.2, 0) is 9.84 Å². The number of carbonyl (C=O) groups is 1. The van der Waals surface area contributed by atoms with Crippen molar-refractivity contribution in [3.63, 3.8) is 0 Å². The summed E-state index contributed by atoms with van der Waals surface area (Å²) in [5.74, 6) is 1.10. The number of nitrogens with one attached hydrogen (secondary N) is 1. The minimum absolute atomic E-state index is 0.114. The van der Waals surface area contributed by atoms with Gasteiger partial charge in [-0.25, -0.2) is 13.4 Å². The highest BCUT2D eigenvalue weighted by molar-refractivity contribution is 7.93. The lowest BCUT2D eigenvalue weighted by atomic mass is 9.79. The van der Waals surface area contributed by atoms with Crippen LogP contribution < -0.4 is 10.1 Å². The van der Waals surface area contributed by atoms with E-state index in [2.05, 4.69) is 15.3 Å². The molecule has 1 aromatic rings. The number of nitrogens with zero attached hydrogens (tertiary/aromatic N) is 2. The number of hydrogen-bond donors (Lipinski definition) is 1. The molecule has 4 rings (SSSR count). The molecule has 0 bridgehead atoms. The van der Waals surface area contributed by atoms with Crippen molar-refractivity contribution in [1.29, 1.82) is 0 Å². The lowest BCUT2D eigenvalue weighted by molar-refractivity contribution is 0.0452. The zero-order valence-electron chi connectivity index (χ0n) is 15.6. The molecule has 3 aliphatic rings. The summed E-state index contributed by atoms with van der Waals surface area (Å²) in [5.41, 5.74) is 0.806. The lowest BCUT2D eigenvalue weighted by Crippen LogP contribution is -2.37. The van der Waals surface area contributed by atoms with E-state index in [0.29, 0.717) is 22.8 Å². The topological polar surface area (TPSA) is 98.2 Å². The van der Waals surface area contributed by atoms with Gasteiger partial charge in [-0.1, -0.05) is 6.08 Å². The van der Waals surface area contributed by atoms with Gasteiger partial charge in [0, 0.05) is 29.8 Å². The molecule has 0 aliphatic heterocycles. The molecule has 1 N–H and O–H groups in total. The molecule has 0 radical (unpaired) electrons. The highest BCUT2D eigenvalue weighted by Gasteiger charge is 2.54. The second-order valence-corrected chi connectivity index (χ2v) is 10.2. The Morgan fingerprint density at radius 3 is 2.67 bits per heavy atom. The molecule has 8 heteroatoms. The minimum atomic E-state index is -3.23. The van der Waals surface area contributed by atoms with Crippen molar-refractivity contribution < 1.29 is 17.9 Å². The number of hydrogen-bond acceptors (Lipinski definition) is 6. The molecule has 3 aliphatic carbocycles. The number of amides is 1. The van der Waals surface area contributed by atoms with Crippen molar-refractivity contribution in [1.82, 2.24) is 15.3 Å². The maximum atomic E-state index is 12.7. The van der Waals surface area contributed by atoms with Gasteiger partial charge in [0.05, 0.1) is 0 Å². The van der Waals surface area contributed by atoms with E-state index in [4.69, 9.17) is 4.74 Å². The zero-order chi connectivity index (χ0) is 19.2. The summed E-state index contributed by atoms with van der Waals surface area (Å²) in [6, 6.07) is -0.443. The second-order valence-electron chi connectivity index (χ2n) is 8.29. The van der Waals surface area contributed by atoms with Crippen LogP contribution in [0.4, 0.5) is 0 Å². The second kappa shape index (κ2) is 6.58. The Kier molecular flexibility index (Phi) is 4.49. The van der Waals surface area contributed by atoms with Gasteiger partial charge in [-0.05, 0) is 50.9 Å². The van der Waals surface area contributed by atoms with Crippen molar-refractivity contribution in [2.45, 2.75) is 63.5 Å². The number of sulfone groups is 1. The fourth-order valence-electron chi connectivity index (χ4n) is 3.49. The molecule has 1 amide bonds. The van der Waals surface area contributed by atoms with Gasteiger partial charge in [-0.15, -0.1) is 0 Å². The molecular weight excluding hydrogens is 366 g/mol. The van der Waals surface area contributed by atoms with Crippen LogP contribution in [0.1, 0.15) is 67.5 Å². The van der Waals surface area contributed by atoms with E-state index in [9.17, 15) is 13.2 Å². The van der Waals surface area contributed by atoms with Crippen LogP contribution >= 0.6 is 0 Å². The fraction of sp³-hybridized carbons (Fsp3) is 0.632. The van der Waals surface area contributed by atoms with Crippen molar-refractivity contribution in [3.05, 3.63) is 29.1 Å². The number of carbonyl (C=O) groups excluding carboxylic acids is 1. The first-order valence-corrected chi connectivity index (χ1v) is 11.4. The predicted octanol–water partition coefficient (Wildman–Crippen LogP) is 2.35. The summed E-state index contributed by atoms with van der Waals surface area (Å²) in [6.07, 6.45) is 11.0. The van der Waals surface area contributed by atoms with Crippen molar-refractivity contribution in [3.8, 4) is 5.88 Å². The van der Waals surface area contributed by atoms with Crippen LogP contribution in [0.2, 0.25) is 0 Å². The van der Waals surface area contributed by atoms with E-state index in [1.807, 2.05) is 0 Å². The van der Waals surface area contributed by atoms with Gasteiger partial charge >= 0.3 is 0 Å². The SMILES string of the molecule is CC(C=CS(C)(=O)=O)NC(=O)c1cnc(C2CC2)nc1OC1CC2(CC2)C1. The largest absolute Gasteiger partial charge is 0.474 e. The first-order chi connectivity index (χ1) is 12.7. The summed E-state index contributed by atoms with van der Waals surface area (Å²) in [5, 5.41) is 3.85. The molecule has 1 heterocycles. The molecule has 1 unspecified atom stereocenters. The minimum Gasteiger partial charge on any atom is -0.474 e. The van der Waals surface area contributed by atoms with Gasteiger partial charge in [-0.2, -0.15) is 4.98 Å². The summed E-state index contributed by atoms with van der Waals surface area (Å²) < 4.78 is 28.5. The van der Waals surface area contributed by atoms with Crippen LogP contribution in [-0.4, -0.2) is 42.7 Å². The van der Waals surface area contributed by atoms with E-state index < -0.39 is 15.9 Å². The van der Waals surface area contributed by atoms with Crippen LogP contribution in [0.15, 0.2) is 17.7 Å². The van der Waals surface area contributed by atoms with E-state index in [-0.39, 0.29) is 12.0 Å². The third kappa shape index (κ3) is 4.48. The van der Waals surface area contributed by atoms with E-state index in [0.717, 1.165) is 43.2 Å². The molecule has 0 aromatic carbocycles. The molecule has 1 spiro atoms. The Hall–Kier alpha value is -1.96. The van der Waals surface area contributed by atoms with Gasteiger partial charge in [0.1, 0.15) is 17.5 Å². The van der Waals surface area contributed by atoms with Gasteiger partial charge < -0.3 is 10.1 Å². The maximum absolute atomic E-state index is 12.7. The van der Waals surface area contributed by atoms with Crippen molar-refractivity contribution >= 4 is 15.7 Å². The normalized spacial score (nSPS) is 22.4. The Labute approximate surface area is 159 Å². The average Bonchev–Trinajstić information content (AvgIpc) is 3.43. The average molecular weight is 391 g/mol. The van der Waals surface area contributed by atoms with Gasteiger partial charge in [-0.3, -0.25) is 4.79 Å². The van der Waals surface area contributed by atoms with Gasteiger partial charge in [0.2, 0.25) is 5.88 Å². The molecular formula is C19H25N3O4S. The summed E-state index contributed by atoms with van der Waals surface area (Å²) >= 11 is 0. The maximum Gasteiger partial charge on any atom is 0.258 e. The number of rotatable bonds is 7. The molecule has 3 fully saturated rings. The molecule has 1 atom stereocenters. The standard InChI is InChI=1S/C19H25N3O4S/c1-12(5-8-27(2,24)25)21-17(23)15-11-20-16(13-3-4-13)22-18(15)26-14-9-19(10-14)6-7-19/h5,8,11-14H,3-4,6-7,9-10H2,1-2H3,(H,21,23). The summed E-state index contributed by atoms with van der Waals surface area (Å²) in [6.45, 7) is 1.71. The monoisotopic (exact) mass is 391 g/mol. The first kappa shape index (κ1) is 18.4. The molecule has 27 heavy (non-hydrogen) atoms. The number of aromatic nitrogens is 2. The third-order valence-electron chi connectivity index (χ3n) is 5.49. The van der Waals surface area contributed by atoms with E-state index in [1.54, 1.807) is 6.92 Å². The number of ether oxygens (including phenoxy) is 1. The highest BCUT2D eigenvalue weighted by atomic mass is 32.2. The van der Waals surface area contributed by atoms with Crippen LogP contribution in [0.25, 0.3) is 0 Å². The smallest absolute Gasteiger partial charge is 0.258 e. The molecule has 3 saturated carbocycles. The zero-order valence-corrected chi connectivity index (χ0v) is 16.5. The summed E-state index contributed by atoms with van der Waals surface area (Å²) in [7, 11) is -3.23. The fourth-order valence-corrected chi connectivity index (χ4v) is 4.01. The third-order valence-corrected chi connectivity index (χ3v) is 6.14. The Morgan fingerprint density at radius 1 is 1.37 bits per heavy atom. The quantitative estimate of drug-likeness (QED) is 0.766. The molecule has 7 nitrogen and oxygen atoms in total. The van der Waals surface area contributed by atoms with Crippen molar-refractivity contribution in [2.75, 3.05) is 6.26 Å². The molecule has 146 valence electrons. The van der Waals surface area contributed by atoms with Gasteiger partial charge in [0.25, 0.3) is 5.91 Å². The Morgan fingerprint density at radius 2 is 2.07 bits per heavy atom. The van der Waals surface area contributed by atoms with Crippen molar-refractivity contribution in [2.24, 2.45) is 5.41 Å². The molecule has 1 aromatic heterocycles. The van der Waals surface area contributed by atoms with Crippen LogP contribution in [0.5, 0.6) is 5.88 Å². The summed E-state index contributed by atoms with van der Waals surface area (Å²) in [4.78, 5) is 21.5. The Bertz CT molecular complexity index is 880. The predicted molar refractivity (Wildman–Crippen MR) is 100 cm³/mol. The van der Waals surface area contributed by atoms with Gasteiger partial charge in [0.15, 0.2) is 9.84 Å². The molecule has 0 saturated heterocycles. The van der Waals surface area contributed by atoms with Crippen LogP contribution in [0.3, 0.4) is 0 Å². The Balaban J connectivity index is 1.48. The highest BCUT2D eigenvalue weighted by Crippen LogP contribution is 2.61. The lowest BCUT2D eigenvalue weighted by Gasteiger charge is -2.35. The first-order valence-electron chi connectivity index (χ1n) is 9.46. The van der Waals surface area contributed by atoms with E-state index >= 15 is 0 Å². The van der Waals surface area contributed by atoms with E-state index in [1.165, 1.54) is 25.1 Å². The van der Waals surface area contributed by atoms with Crippen LogP contribution in [0, 0.1) is 5.41 Å².